The van der Waals surface area contributed by atoms with Crippen LogP contribution >= 0.6 is 0 Å². The van der Waals surface area contributed by atoms with Crippen molar-refractivity contribution in [1.29, 1.82) is 0 Å². The summed E-state index contributed by atoms with van der Waals surface area (Å²) in [6, 6.07) is 18.0. The molecule has 1 aliphatic rings. The Morgan fingerprint density at radius 3 is 2.53 bits per heavy atom. The van der Waals surface area contributed by atoms with E-state index in [9.17, 15) is 22.8 Å². The Kier molecular flexibility index (Phi) is 5.87. The topological polar surface area (TPSA) is 76.5 Å². The second kappa shape index (κ2) is 9.03. The van der Waals surface area contributed by atoms with Crippen molar-refractivity contribution in [2.75, 3.05) is 17.3 Å². The normalized spacial score (nSPS) is 15.3. The first-order chi connectivity index (χ1) is 17.2. The maximum atomic E-state index is 13.5. The van der Waals surface area contributed by atoms with Crippen LogP contribution in [0.25, 0.3) is 11.0 Å². The lowest BCUT2D eigenvalue weighted by Gasteiger charge is -2.16. The molecule has 0 unspecified atom stereocenters. The Hall–Kier alpha value is -4.34. The maximum Gasteiger partial charge on any atom is 0.416 e. The number of carbonyl (C=O) groups excluding carboxylic acids is 2. The lowest BCUT2D eigenvalue weighted by molar-refractivity contribution is -0.137. The largest absolute Gasteiger partial charge is 0.497 e. The minimum absolute atomic E-state index is 0.00562. The molecule has 2 amide bonds. The molecule has 36 heavy (non-hydrogen) atoms. The molecule has 1 N–H and O–H groups in total. The van der Waals surface area contributed by atoms with E-state index in [4.69, 9.17) is 4.74 Å². The van der Waals surface area contributed by atoms with Crippen LogP contribution in [0.5, 0.6) is 5.75 Å². The molecule has 1 aliphatic heterocycles. The van der Waals surface area contributed by atoms with E-state index >= 15 is 0 Å². The molecule has 7 nitrogen and oxygen atoms in total. The van der Waals surface area contributed by atoms with E-state index in [1.54, 1.807) is 23.8 Å². The van der Waals surface area contributed by atoms with Crippen LogP contribution in [0.1, 0.15) is 23.6 Å². The van der Waals surface area contributed by atoms with Crippen molar-refractivity contribution in [2.45, 2.75) is 25.2 Å². The number of alkyl halides is 3. The Morgan fingerprint density at radius 2 is 1.81 bits per heavy atom. The number of carbonyl (C=O) groups is 2. The second-order valence-electron chi connectivity index (χ2n) is 8.39. The number of nitrogens with one attached hydrogen (secondary N) is 1. The van der Waals surface area contributed by atoms with Crippen LogP contribution < -0.4 is 15.0 Å². The number of amides is 2. The summed E-state index contributed by atoms with van der Waals surface area (Å²) >= 11 is 0. The third kappa shape index (κ3) is 4.37. The standard InChI is InChI=1S/C26H21F3N4O3/c1-36-19-11-9-16(10-12-19)15-32-24(35)22(33-21-8-3-2-7-20(21)31-25(32)33)14-23(34)30-18-6-4-5-17(13-18)26(27,28)29/h2-13,22H,14-15H2,1H3,(H,30,34)/t22-/m0/s1. The summed E-state index contributed by atoms with van der Waals surface area (Å²) in [7, 11) is 1.57. The number of halogens is 3. The third-order valence-electron chi connectivity index (χ3n) is 6.03. The molecule has 0 fully saturated rings. The summed E-state index contributed by atoms with van der Waals surface area (Å²) in [4.78, 5) is 32.5. The van der Waals surface area contributed by atoms with Crippen molar-refractivity contribution >= 4 is 34.5 Å². The fourth-order valence-electron chi connectivity index (χ4n) is 4.32. The fraction of sp³-hybridized carbons (Fsp3) is 0.192. The Labute approximate surface area is 204 Å². The summed E-state index contributed by atoms with van der Waals surface area (Å²) in [6.07, 6.45) is -4.80. The molecular weight excluding hydrogens is 473 g/mol. The molecule has 0 bridgehead atoms. The number of hydrogen-bond donors (Lipinski definition) is 1. The van der Waals surface area contributed by atoms with Gasteiger partial charge in [0.2, 0.25) is 11.9 Å². The fourth-order valence-corrected chi connectivity index (χ4v) is 4.32. The van der Waals surface area contributed by atoms with E-state index in [2.05, 4.69) is 10.3 Å². The van der Waals surface area contributed by atoms with E-state index in [1.165, 1.54) is 17.0 Å². The number of ether oxygens (including phenoxy) is 1. The highest BCUT2D eigenvalue weighted by atomic mass is 19.4. The van der Waals surface area contributed by atoms with Crippen molar-refractivity contribution in [1.82, 2.24) is 9.55 Å². The van der Waals surface area contributed by atoms with Crippen molar-refractivity contribution in [3.8, 4) is 5.75 Å². The highest BCUT2D eigenvalue weighted by Crippen LogP contribution is 2.38. The van der Waals surface area contributed by atoms with Crippen molar-refractivity contribution in [2.24, 2.45) is 0 Å². The van der Waals surface area contributed by atoms with Crippen LogP contribution in [0.2, 0.25) is 0 Å². The summed E-state index contributed by atoms with van der Waals surface area (Å²) in [5.74, 6) is 0.192. The van der Waals surface area contributed by atoms with E-state index < -0.39 is 23.7 Å². The number of imidazole rings is 1. The van der Waals surface area contributed by atoms with Gasteiger partial charge in [0.15, 0.2) is 0 Å². The van der Waals surface area contributed by atoms with Gasteiger partial charge in [-0.1, -0.05) is 30.3 Å². The molecular formula is C26H21F3N4O3. The van der Waals surface area contributed by atoms with Gasteiger partial charge in [-0.2, -0.15) is 13.2 Å². The molecule has 0 radical (unpaired) electrons. The zero-order chi connectivity index (χ0) is 25.4. The number of hydrogen-bond acceptors (Lipinski definition) is 4. The van der Waals surface area contributed by atoms with Gasteiger partial charge in [-0.05, 0) is 48.0 Å². The van der Waals surface area contributed by atoms with Gasteiger partial charge >= 0.3 is 6.18 Å². The monoisotopic (exact) mass is 494 g/mol. The van der Waals surface area contributed by atoms with Gasteiger partial charge in [0.1, 0.15) is 11.8 Å². The van der Waals surface area contributed by atoms with Crippen molar-refractivity contribution < 1.29 is 27.5 Å². The van der Waals surface area contributed by atoms with E-state index in [1.807, 2.05) is 36.4 Å². The Bertz CT molecular complexity index is 1450. The molecule has 2 heterocycles. The van der Waals surface area contributed by atoms with E-state index in [0.29, 0.717) is 22.7 Å². The van der Waals surface area contributed by atoms with Crippen LogP contribution in [0, 0.1) is 0 Å². The molecule has 10 heteroatoms. The quantitative estimate of drug-likeness (QED) is 0.401. The average molecular weight is 494 g/mol. The second-order valence-corrected chi connectivity index (χ2v) is 8.39. The number of rotatable bonds is 6. The van der Waals surface area contributed by atoms with Crippen LogP contribution in [-0.2, 0) is 22.3 Å². The smallest absolute Gasteiger partial charge is 0.416 e. The molecule has 4 aromatic rings. The molecule has 184 valence electrons. The van der Waals surface area contributed by atoms with Gasteiger partial charge < -0.3 is 10.1 Å². The van der Waals surface area contributed by atoms with Gasteiger partial charge in [-0.3, -0.25) is 19.1 Å². The van der Waals surface area contributed by atoms with Gasteiger partial charge in [-0.15, -0.1) is 0 Å². The highest BCUT2D eigenvalue weighted by Gasteiger charge is 2.41. The number of aromatic nitrogens is 2. The van der Waals surface area contributed by atoms with Gasteiger partial charge in [-0.25, -0.2) is 4.98 Å². The first kappa shape index (κ1) is 23.4. The number of para-hydroxylation sites is 2. The average Bonchev–Trinajstić information content (AvgIpc) is 3.35. The lowest BCUT2D eigenvalue weighted by atomic mass is 10.1. The molecule has 0 aliphatic carbocycles. The van der Waals surface area contributed by atoms with Gasteiger partial charge in [0.25, 0.3) is 5.91 Å². The minimum atomic E-state index is -4.53. The van der Waals surface area contributed by atoms with Crippen LogP contribution in [0.3, 0.4) is 0 Å². The number of methoxy groups -OCH3 is 1. The SMILES string of the molecule is COc1ccc(CN2C(=O)[C@H](CC(=O)Nc3cccc(C(F)(F)F)c3)n3c2nc2ccccc23)cc1. The number of benzene rings is 3. The van der Waals surface area contributed by atoms with Crippen molar-refractivity contribution in [3.05, 3.63) is 83.9 Å². The molecule has 3 aromatic carbocycles. The molecule has 1 aromatic heterocycles. The Morgan fingerprint density at radius 1 is 1.06 bits per heavy atom. The molecule has 1 atom stereocenters. The predicted octanol–water partition coefficient (Wildman–Crippen LogP) is 5.18. The first-order valence-corrected chi connectivity index (χ1v) is 11.1. The highest BCUT2D eigenvalue weighted by molar-refractivity contribution is 6.05. The Balaban J connectivity index is 1.42. The van der Waals surface area contributed by atoms with E-state index in [-0.39, 0.29) is 24.6 Å². The lowest BCUT2D eigenvalue weighted by Crippen LogP contribution is -2.31. The summed E-state index contributed by atoms with van der Waals surface area (Å²) < 4.78 is 46.0. The molecule has 0 saturated carbocycles. The third-order valence-corrected chi connectivity index (χ3v) is 6.03. The summed E-state index contributed by atoms with van der Waals surface area (Å²) in [5.41, 5.74) is 1.34. The predicted molar refractivity (Wildman–Crippen MR) is 128 cm³/mol. The van der Waals surface area contributed by atoms with E-state index in [0.717, 1.165) is 17.7 Å². The van der Waals surface area contributed by atoms with Crippen molar-refractivity contribution in [3.63, 3.8) is 0 Å². The zero-order valence-corrected chi connectivity index (χ0v) is 19.1. The number of fused-ring (bicyclic) bond motifs is 3. The molecule has 0 spiro atoms. The molecule has 0 saturated heterocycles. The molecule has 5 rings (SSSR count). The van der Waals surface area contributed by atoms with Crippen LogP contribution in [0.15, 0.2) is 72.8 Å². The van der Waals surface area contributed by atoms with Gasteiger partial charge in [0, 0.05) is 5.69 Å². The summed E-state index contributed by atoms with van der Waals surface area (Å²) in [5, 5.41) is 2.49. The van der Waals surface area contributed by atoms with Crippen LogP contribution in [0.4, 0.5) is 24.8 Å². The number of anilines is 2. The van der Waals surface area contributed by atoms with Crippen LogP contribution in [-0.4, -0.2) is 28.5 Å². The number of nitrogens with zero attached hydrogens (tertiary/aromatic N) is 3. The first-order valence-electron chi connectivity index (χ1n) is 11.1. The maximum absolute atomic E-state index is 13.5. The van der Waals surface area contributed by atoms with Gasteiger partial charge in [0.05, 0.1) is 36.7 Å². The summed E-state index contributed by atoms with van der Waals surface area (Å²) in [6.45, 7) is 0.234. The minimum Gasteiger partial charge on any atom is -0.497 e. The zero-order valence-electron chi connectivity index (χ0n) is 19.1.